The summed E-state index contributed by atoms with van der Waals surface area (Å²) in [5.74, 6) is 0.668. The van der Waals surface area contributed by atoms with Gasteiger partial charge in [0.25, 0.3) is 0 Å². The minimum absolute atomic E-state index is 0.0139. The number of amides is 1. The van der Waals surface area contributed by atoms with Crippen LogP contribution in [0.3, 0.4) is 0 Å². The Morgan fingerprint density at radius 3 is 2.48 bits per heavy atom. The number of pyridine rings is 1. The lowest BCUT2D eigenvalue weighted by atomic mass is 10.2. The van der Waals surface area contributed by atoms with E-state index < -0.39 is 0 Å². The minimum Gasteiger partial charge on any atom is -0.340 e. The van der Waals surface area contributed by atoms with Crippen LogP contribution in [0, 0.1) is 12.8 Å². The Balaban J connectivity index is 2.05. The molecule has 0 radical (unpaired) electrons. The minimum atomic E-state index is -0.0484. The van der Waals surface area contributed by atoms with Crippen molar-refractivity contribution in [3.05, 3.63) is 46.6 Å². The highest BCUT2D eigenvalue weighted by Gasteiger charge is 2.07. The van der Waals surface area contributed by atoms with E-state index in [4.69, 9.17) is 0 Å². The van der Waals surface area contributed by atoms with Crippen LogP contribution in [0.2, 0.25) is 0 Å². The zero-order valence-electron chi connectivity index (χ0n) is 12.3. The Kier molecular flexibility index (Phi) is 4.96. The van der Waals surface area contributed by atoms with Crippen LogP contribution in [0.4, 0.5) is 17.2 Å². The molecule has 0 unspecified atom stereocenters. The number of nitrogens with zero attached hydrogens (tertiary/aromatic N) is 1. The number of benzene rings is 1. The molecule has 2 aromatic rings. The fourth-order valence-electron chi connectivity index (χ4n) is 1.65. The molecule has 1 aromatic heterocycles. The lowest BCUT2D eigenvalue weighted by Gasteiger charge is -2.10. The number of aromatic nitrogens is 1. The van der Waals surface area contributed by atoms with Crippen molar-refractivity contribution in [3.8, 4) is 0 Å². The zero-order chi connectivity index (χ0) is 15.4. The fraction of sp³-hybridized carbons (Fsp3) is 0.250. The third kappa shape index (κ3) is 4.29. The van der Waals surface area contributed by atoms with E-state index in [0.29, 0.717) is 5.69 Å². The van der Waals surface area contributed by atoms with E-state index in [-0.39, 0.29) is 11.8 Å². The predicted octanol–water partition coefficient (Wildman–Crippen LogP) is 4.49. The molecule has 0 saturated heterocycles. The average Bonchev–Trinajstić information content (AvgIpc) is 2.45. The van der Waals surface area contributed by atoms with E-state index >= 15 is 0 Å². The van der Waals surface area contributed by atoms with E-state index in [2.05, 4.69) is 31.5 Å². The van der Waals surface area contributed by atoms with Gasteiger partial charge in [-0.2, -0.15) is 0 Å². The lowest BCUT2D eigenvalue weighted by Crippen LogP contribution is -2.17. The first-order valence-electron chi connectivity index (χ1n) is 6.76. The Morgan fingerprint density at radius 1 is 1.19 bits per heavy atom. The maximum atomic E-state index is 11.6. The number of carbonyl (C=O) groups excluding carboxylic acids is 1. The first-order chi connectivity index (χ1) is 9.95. The van der Waals surface area contributed by atoms with Gasteiger partial charge in [0.05, 0.1) is 11.9 Å². The number of hydrogen-bond donors (Lipinski definition) is 2. The van der Waals surface area contributed by atoms with Crippen molar-refractivity contribution < 1.29 is 4.79 Å². The summed E-state index contributed by atoms with van der Waals surface area (Å²) in [7, 11) is 0. The van der Waals surface area contributed by atoms with Crippen LogP contribution in [-0.4, -0.2) is 10.9 Å². The number of nitrogens with one attached hydrogen (secondary N) is 2. The van der Waals surface area contributed by atoms with E-state index in [0.717, 1.165) is 16.0 Å². The first kappa shape index (κ1) is 15.5. The first-order valence-corrected chi connectivity index (χ1v) is 7.55. The second-order valence-electron chi connectivity index (χ2n) is 5.17. The number of halogens is 1. The highest BCUT2D eigenvalue weighted by Crippen LogP contribution is 2.23. The summed E-state index contributed by atoms with van der Waals surface area (Å²) in [5, 5.41) is 6.03. The average molecular weight is 348 g/mol. The molecule has 0 spiro atoms. The van der Waals surface area contributed by atoms with Crippen LogP contribution >= 0.6 is 15.9 Å². The smallest absolute Gasteiger partial charge is 0.226 e. The summed E-state index contributed by atoms with van der Waals surface area (Å²) >= 11 is 3.50. The van der Waals surface area contributed by atoms with Gasteiger partial charge in [-0.05, 0) is 36.8 Å². The molecule has 4 nitrogen and oxygen atoms in total. The van der Waals surface area contributed by atoms with Gasteiger partial charge in [0.15, 0.2) is 0 Å². The summed E-state index contributed by atoms with van der Waals surface area (Å²) in [5.41, 5.74) is 2.84. The highest BCUT2D eigenvalue weighted by atomic mass is 79.9. The lowest BCUT2D eigenvalue weighted by molar-refractivity contribution is -0.118. The summed E-state index contributed by atoms with van der Waals surface area (Å²) in [6.45, 7) is 5.75. The van der Waals surface area contributed by atoms with Crippen LogP contribution in [0.5, 0.6) is 0 Å². The summed E-state index contributed by atoms with van der Waals surface area (Å²) in [4.78, 5) is 15.9. The second kappa shape index (κ2) is 6.72. The van der Waals surface area contributed by atoms with Crippen molar-refractivity contribution in [1.82, 2.24) is 4.98 Å². The van der Waals surface area contributed by atoms with Crippen LogP contribution in [0.15, 0.2) is 41.0 Å². The molecule has 5 heteroatoms. The predicted molar refractivity (Wildman–Crippen MR) is 89.9 cm³/mol. The van der Waals surface area contributed by atoms with Crippen molar-refractivity contribution in [3.63, 3.8) is 0 Å². The van der Waals surface area contributed by atoms with E-state index in [9.17, 15) is 4.79 Å². The molecule has 0 aliphatic heterocycles. The molecule has 2 rings (SSSR count). The molecule has 0 saturated carbocycles. The zero-order valence-corrected chi connectivity index (χ0v) is 13.9. The quantitative estimate of drug-likeness (QED) is 0.856. The summed E-state index contributed by atoms with van der Waals surface area (Å²) in [6, 6.07) is 9.70. The van der Waals surface area contributed by atoms with E-state index in [1.165, 1.54) is 5.56 Å². The molecule has 110 valence electrons. The van der Waals surface area contributed by atoms with Gasteiger partial charge in [-0.25, -0.2) is 4.98 Å². The number of carbonyl (C=O) groups is 1. The Labute approximate surface area is 133 Å². The molecule has 0 aliphatic carbocycles. The molecular formula is C16H18BrN3O. The van der Waals surface area contributed by atoms with Crippen molar-refractivity contribution in [1.29, 1.82) is 0 Å². The third-order valence-corrected chi connectivity index (χ3v) is 3.85. The van der Waals surface area contributed by atoms with Crippen LogP contribution in [0.25, 0.3) is 0 Å². The molecule has 1 aromatic carbocycles. The standard InChI is InChI=1S/C16H18BrN3O/c1-10(2)16(21)20-13-6-7-15(18-9-13)19-12-5-4-11(3)14(17)8-12/h4-10H,1-3H3,(H,18,19)(H,20,21). The van der Waals surface area contributed by atoms with Gasteiger partial charge < -0.3 is 10.6 Å². The maximum Gasteiger partial charge on any atom is 0.226 e. The topological polar surface area (TPSA) is 54.0 Å². The van der Waals surface area contributed by atoms with Crippen molar-refractivity contribution in [2.75, 3.05) is 10.6 Å². The van der Waals surface area contributed by atoms with Crippen LogP contribution in [0.1, 0.15) is 19.4 Å². The fourth-order valence-corrected chi connectivity index (χ4v) is 2.03. The maximum absolute atomic E-state index is 11.6. The Hall–Kier alpha value is -1.88. The molecule has 1 amide bonds. The Morgan fingerprint density at radius 2 is 1.90 bits per heavy atom. The summed E-state index contributed by atoms with van der Waals surface area (Å²) in [6.07, 6.45) is 1.64. The number of aryl methyl sites for hydroxylation is 1. The molecule has 0 bridgehead atoms. The van der Waals surface area contributed by atoms with E-state index in [1.807, 2.05) is 51.1 Å². The van der Waals surface area contributed by atoms with Gasteiger partial charge in [0.2, 0.25) is 5.91 Å². The van der Waals surface area contributed by atoms with Crippen LogP contribution in [-0.2, 0) is 4.79 Å². The van der Waals surface area contributed by atoms with Gasteiger partial charge in [-0.15, -0.1) is 0 Å². The van der Waals surface area contributed by atoms with Crippen molar-refractivity contribution >= 4 is 39.0 Å². The largest absolute Gasteiger partial charge is 0.340 e. The highest BCUT2D eigenvalue weighted by molar-refractivity contribution is 9.10. The van der Waals surface area contributed by atoms with Crippen molar-refractivity contribution in [2.45, 2.75) is 20.8 Å². The number of rotatable bonds is 4. The van der Waals surface area contributed by atoms with Gasteiger partial charge >= 0.3 is 0 Å². The second-order valence-corrected chi connectivity index (χ2v) is 6.02. The molecule has 0 fully saturated rings. The van der Waals surface area contributed by atoms with Gasteiger partial charge in [-0.3, -0.25) is 4.79 Å². The normalized spacial score (nSPS) is 10.5. The monoisotopic (exact) mass is 347 g/mol. The summed E-state index contributed by atoms with van der Waals surface area (Å²) < 4.78 is 1.05. The number of hydrogen-bond acceptors (Lipinski definition) is 3. The molecule has 0 aliphatic rings. The van der Waals surface area contributed by atoms with Gasteiger partial charge in [-0.1, -0.05) is 35.8 Å². The Bertz CT molecular complexity index is 638. The van der Waals surface area contributed by atoms with E-state index in [1.54, 1.807) is 6.20 Å². The molecule has 1 heterocycles. The molecule has 21 heavy (non-hydrogen) atoms. The van der Waals surface area contributed by atoms with Crippen molar-refractivity contribution in [2.24, 2.45) is 5.92 Å². The molecule has 0 atom stereocenters. The third-order valence-electron chi connectivity index (χ3n) is 3.00. The SMILES string of the molecule is Cc1ccc(Nc2ccc(NC(=O)C(C)C)cn2)cc1Br. The number of anilines is 3. The molecule has 2 N–H and O–H groups in total. The molecular weight excluding hydrogens is 330 g/mol. The van der Waals surface area contributed by atoms with Gasteiger partial charge in [0, 0.05) is 16.1 Å². The van der Waals surface area contributed by atoms with Gasteiger partial charge in [0.1, 0.15) is 5.82 Å². The van der Waals surface area contributed by atoms with Crippen LogP contribution < -0.4 is 10.6 Å².